The lowest BCUT2D eigenvalue weighted by Gasteiger charge is -2.30. The van der Waals surface area contributed by atoms with Gasteiger partial charge >= 0.3 is 0 Å². The van der Waals surface area contributed by atoms with Crippen molar-refractivity contribution >= 4 is 38.1 Å². The maximum atomic E-state index is 5.59. The van der Waals surface area contributed by atoms with Crippen molar-refractivity contribution in [3.8, 4) is 5.75 Å². The number of thiocarbonyl (C=S) groups is 1. The van der Waals surface area contributed by atoms with Crippen LogP contribution in [0.2, 0.25) is 0 Å². The fourth-order valence-electron chi connectivity index (χ4n) is 2.42. The summed E-state index contributed by atoms with van der Waals surface area (Å²) in [4.78, 5) is 3.48. The molecule has 5 heteroatoms. The van der Waals surface area contributed by atoms with Crippen LogP contribution in [-0.4, -0.2) is 22.9 Å². The molecule has 3 rings (SSSR count). The maximum Gasteiger partial charge on any atom is 0.147 e. The average Bonchev–Trinajstić information content (AvgIpc) is 2.59. The highest BCUT2D eigenvalue weighted by Crippen LogP contribution is 2.35. The Labute approximate surface area is 144 Å². The van der Waals surface area contributed by atoms with E-state index in [1.165, 1.54) is 16.0 Å². The molecule has 2 nitrogen and oxygen atoms in total. The Hall–Kier alpha value is -1.17. The number of fused-ring (bicyclic) bond motifs is 1. The fourth-order valence-corrected chi connectivity index (χ4v) is 4.71. The van der Waals surface area contributed by atoms with Crippen LogP contribution in [0.4, 0.5) is 0 Å². The molecular weight excluding hydrogens is 330 g/mol. The summed E-state index contributed by atoms with van der Waals surface area (Å²) in [5.74, 6) is 0.879. The smallest absolute Gasteiger partial charge is 0.147 e. The second kappa shape index (κ2) is 7.40. The van der Waals surface area contributed by atoms with E-state index in [4.69, 9.17) is 17.0 Å². The lowest BCUT2D eigenvalue weighted by atomic mass is 10.0. The van der Waals surface area contributed by atoms with Crippen molar-refractivity contribution in [3.05, 3.63) is 59.7 Å². The van der Waals surface area contributed by atoms with Crippen molar-refractivity contribution in [2.24, 2.45) is 0 Å². The van der Waals surface area contributed by atoms with E-state index in [0.29, 0.717) is 0 Å². The molecule has 0 atom stereocenters. The highest BCUT2D eigenvalue weighted by Gasteiger charge is 2.18. The molecule has 0 aromatic heterocycles. The highest BCUT2D eigenvalue weighted by molar-refractivity contribution is 8.83. The molecule has 0 fully saturated rings. The quantitative estimate of drug-likeness (QED) is 0.583. The third-order valence-electron chi connectivity index (χ3n) is 3.66. The molecule has 1 aliphatic rings. The third kappa shape index (κ3) is 3.77. The summed E-state index contributed by atoms with van der Waals surface area (Å²) in [7, 11) is 5.04. The van der Waals surface area contributed by atoms with Crippen LogP contribution in [0.5, 0.6) is 5.75 Å². The summed E-state index contributed by atoms with van der Waals surface area (Å²) in [5.41, 5.74) is 2.85. The van der Waals surface area contributed by atoms with E-state index in [1.807, 2.05) is 12.1 Å². The van der Waals surface area contributed by atoms with Crippen LogP contribution in [0.25, 0.3) is 0 Å². The lowest BCUT2D eigenvalue weighted by molar-refractivity contribution is 0.407. The number of hydrogen-bond acceptors (Lipinski definition) is 4. The highest BCUT2D eigenvalue weighted by atomic mass is 33.1. The summed E-state index contributed by atoms with van der Waals surface area (Å²) in [6.07, 6.45) is 1.07. The summed E-state index contributed by atoms with van der Waals surface area (Å²) >= 11 is 5.59. The van der Waals surface area contributed by atoms with E-state index in [-0.39, 0.29) is 0 Å². The second-order valence-corrected chi connectivity index (χ2v) is 7.88. The fraction of sp³-hybridized carbons (Fsp3) is 0.235. The molecule has 0 saturated carbocycles. The van der Waals surface area contributed by atoms with Gasteiger partial charge in [0.1, 0.15) is 10.1 Å². The molecule has 0 aliphatic carbocycles. The van der Waals surface area contributed by atoms with Gasteiger partial charge in [-0.25, -0.2) is 0 Å². The number of rotatable bonds is 3. The van der Waals surface area contributed by atoms with Gasteiger partial charge in [0.25, 0.3) is 0 Å². The SMILES string of the molecule is COc1ccc(SSC(=S)N2CCc3ccccc3C2)cc1. The van der Waals surface area contributed by atoms with Gasteiger partial charge in [-0.1, -0.05) is 47.3 Å². The first-order valence-electron chi connectivity index (χ1n) is 7.10. The van der Waals surface area contributed by atoms with Crippen LogP contribution in [0.3, 0.4) is 0 Å². The molecule has 0 amide bonds. The van der Waals surface area contributed by atoms with Gasteiger partial charge in [-0.05, 0) is 52.6 Å². The molecule has 0 bridgehead atoms. The van der Waals surface area contributed by atoms with Crippen LogP contribution in [0.15, 0.2) is 53.4 Å². The molecule has 22 heavy (non-hydrogen) atoms. The predicted molar refractivity (Wildman–Crippen MR) is 99.6 cm³/mol. The van der Waals surface area contributed by atoms with Gasteiger partial charge in [-0.3, -0.25) is 0 Å². The Morgan fingerprint density at radius 3 is 2.55 bits per heavy atom. The summed E-state index contributed by atoms with van der Waals surface area (Å²) in [6.45, 7) is 1.93. The molecule has 1 heterocycles. The molecule has 0 unspecified atom stereocenters. The zero-order chi connectivity index (χ0) is 15.4. The van der Waals surface area contributed by atoms with Crippen LogP contribution >= 0.6 is 33.8 Å². The summed E-state index contributed by atoms with van der Waals surface area (Å²) < 4.78 is 6.13. The molecule has 2 aromatic carbocycles. The maximum absolute atomic E-state index is 5.59. The number of hydrogen-bond donors (Lipinski definition) is 0. The van der Waals surface area contributed by atoms with Crippen LogP contribution in [0.1, 0.15) is 11.1 Å². The molecule has 0 saturated heterocycles. The third-order valence-corrected chi connectivity index (χ3v) is 6.73. The molecule has 1 aliphatic heterocycles. The number of ether oxygens (including phenoxy) is 1. The number of methoxy groups -OCH3 is 1. The van der Waals surface area contributed by atoms with E-state index >= 15 is 0 Å². The minimum absolute atomic E-state index is 0.879. The average molecular weight is 348 g/mol. The zero-order valence-corrected chi connectivity index (χ0v) is 14.8. The standard InChI is InChI=1S/C17H17NOS3/c1-19-15-6-8-16(9-7-15)21-22-17(20)18-11-10-13-4-2-3-5-14(13)12-18/h2-9H,10-12H2,1H3. The van der Waals surface area contributed by atoms with E-state index in [9.17, 15) is 0 Å². The molecule has 114 valence electrons. The van der Waals surface area contributed by atoms with E-state index in [2.05, 4.69) is 41.3 Å². The Bertz CT molecular complexity index is 657. The van der Waals surface area contributed by atoms with E-state index < -0.39 is 0 Å². The molecule has 0 spiro atoms. The number of benzene rings is 2. The van der Waals surface area contributed by atoms with Crippen LogP contribution in [0, 0.1) is 0 Å². The van der Waals surface area contributed by atoms with Gasteiger partial charge in [0.2, 0.25) is 0 Å². The van der Waals surface area contributed by atoms with Crippen molar-refractivity contribution in [1.29, 1.82) is 0 Å². The second-order valence-electron chi connectivity index (χ2n) is 5.05. The van der Waals surface area contributed by atoms with Gasteiger partial charge < -0.3 is 9.64 Å². The Kier molecular flexibility index (Phi) is 5.28. The largest absolute Gasteiger partial charge is 0.497 e. The Morgan fingerprint density at radius 1 is 1.09 bits per heavy atom. The first-order chi connectivity index (χ1) is 10.8. The van der Waals surface area contributed by atoms with Gasteiger partial charge in [-0.15, -0.1) is 0 Å². The van der Waals surface area contributed by atoms with Crippen molar-refractivity contribution in [2.75, 3.05) is 13.7 Å². The summed E-state index contributed by atoms with van der Waals surface area (Å²) in [5, 5.41) is 0. The molecule has 2 aromatic rings. The van der Waals surface area contributed by atoms with Crippen molar-refractivity contribution < 1.29 is 4.74 Å². The normalized spacial score (nSPS) is 13.6. The molecule has 0 radical (unpaired) electrons. The van der Waals surface area contributed by atoms with Crippen LogP contribution < -0.4 is 4.74 Å². The van der Waals surface area contributed by atoms with E-state index in [1.54, 1.807) is 28.7 Å². The summed E-state index contributed by atoms with van der Waals surface area (Å²) in [6, 6.07) is 16.7. The van der Waals surface area contributed by atoms with Crippen molar-refractivity contribution in [1.82, 2.24) is 4.90 Å². The van der Waals surface area contributed by atoms with Gasteiger partial charge in [-0.2, -0.15) is 0 Å². The van der Waals surface area contributed by atoms with Crippen molar-refractivity contribution in [2.45, 2.75) is 17.9 Å². The van der Waals surface area contributed by atoms with Gasteiger partial charge in [0, 0.05) is 18.0 Å². The minimum Gasteiger partial charge on any atom is -0.497 e. The zero-order valence-electron chi connectivity index (χ0n) is 12.3. The first kappa shape index (κ1) is 15.7. The van der Waals surface area contributed by atoms with Gasteiger partial charge in [0.15, 0.2) is 0 Å². The number of nitrogens with zero attached hydrogens (tertiary/aromatic N) is 1. The Morgan fingerprint density at radius 2 is 1.82 bits per heavy atom. The first-order valence-corrected chi connectivity index (χ1v) is 9.66. The molecule has 0 N–H and O–H groups in total. The van der Waals surface area contributed by atoms with E-state index in [0.717, 1.165) is 29.6 Å². The Balaban J connectivity index is 1.56. The van der Waals surface area contributed by atoms with Gasteiger partial charge in [0.05, 0.1) is 7.11 Å². The molecular formula is C17H17NOS3. The predicted octanol–water partition coefficient (Wildman–Crippen LogP) is 4.78. The monoisotopic (exact) mass is 347 g/mol. The minimum atomic E-state index is 0.879. The van der Waals surface area contributed by atoms with Crippen molar-refractivity contribution in [3.63, 3.8) is 0 Å². The van der Waals surface area contributed by atoms with Crippen LogP contribution in [-0.2, 0) is 13.0 Å². The topological polar surface area (TPSA) is 12.5 Å². The lowest BCUT2D eigenvalue weighted by Crippen LogP contribution is -2.32.